The van der Waals surface area contributed by atoms with Gasteiger partial charge in [-0.15, -0.1) is 10.2 Å². The number of amides is 1. The lowest BCUT2D eigenvalue weighted by molar-refractivity contribution is -0.121. The van der Waals surface area contributed by atoms with Crippen LogP contribution in [0.3, 0.4) is 0 Å². The van der Waals surface area contributed by atoms with Gasteiger partial charge in [0, 0.05) is 18.5 Å². The van der Waals surface area contributed by atoms with Crippen molar-refractivity contribution in [2.45, 2.75) is 52.2 Å². The highest BCUT2D eigenvalue weighted by molar-refractivity contribution is 5.75. The largest absolute Gasteiger partial charge is 0.349 e. The average Bonchev–Trinajstić information content (AvgIpc) is 2.69. The summed E-state index contributed by atoms with van der Waals surface area (Å²) < 4.78 is 1.90. The summed E-state index contributed by atoms with van der Waals surface area (Å²) in [6.45, 7) is 7.04. The molecule has 0 spiro atoms. The molecular formula is C11H21N5O. The Labute approximate surface area is 102 Å². The predicted molar refractivity (Wildman–Crippen MR) is 65.0 cm³/mol. The Hall–Kier alpha value is -1.43. The Morgan fingerprint density at radius 1 is 1.59 bits per heavy atom. The Morgan fingerprint density at radius 3 is 2.88 bits per heavy atom. The molecule has 0 aliphatic heterocycles. The Balaban J connectivity index is 2.33. The van der Waals surface area contributed by atoms with E-state index in [0.717, 1.165) is 12.4 Å². The van der Waals surface area contributed by atoms with E-state index in [1.165, 1.54) is 0 Å². The number of carbonyl (C=O) groups is 1. The lowest BCUT2D eigenvalue weighted by Crippen LogP contribution is -2.34. The molecule has 0 bridgehead atoms. The van der Waals surface area contributed by atoms with Gasteiger partial charge in [0.2, 0.25) is 5.91 Å². The molecule has 0 unspecified atom stereocenters. The molecule has 1 heterocycles. The van der Waals surface area contributed by atoms with Gasteiger partial charge >= 0.3 is 0 Å². The number of hydrogen-bond acceptors (Lipinski definition) is 4. The molecule has 6 heteroatoms. The van der Waals surface area contributed by atoms with Crippen molar-refractivity contribution in [3.8, 4) is 0 Å². The zero-order chi connectivity index (χ0) is 12.9. The van der Waals surface area contributed by atoms with Crippen molar-refractivity contribution < 1.29 is 4.79 Å². The van der Waals surface area contributed by atoms with E-state index in [0.29, 0.717) is 19.4 Å². The number of aromatic nitrogens is 3. The van der Waals surface area contributed by atoms with Crippen LogP contribution in [-0.4, -0.2) is 26.2 Å². The monoisotopic (exact) mass is 239 g/mol. The molecule has 1 rings (SSSR count). The SMILES string of the molecule is CCn1cnnc1CNC(=O)CCC(C)(C)N. The normalized spacial score (nSPS) is 11.5. The minimum atomic E-state index is -0.305. The number of rotatable bonds is 6. The fourth-order valence-electron chi connectivity index (χ4n) is 1.38. The van der Waals surface area contributed by atoms with Crippen molar-refractivity contribution in [2.24, 2.45) is 5.73 Å². The highest BCUT2D eigenvalue weighted by Gasteiger charge is 2.13. The standard InChI is InChI=1S/C11H21N5O/c1-4-16-8-14-15-9(16)7-13-10(17)5-6-11(2,3)12/h8H,4-7,12H2,1-3H3,(H,13,17). The van der Waals surface area contributed by atoms with Crippen molar-refractivity contribution in [3.63, 3.8) is 0 Å². The van der Waals surface area contributed by atoms with Gasteiger partial charge in [-0.1, -0.05) is 0 Å². The van der Waals surface area contributed by atoms with Gasteiger partial charge in [-0.25, -0.2) is 0 Å². The first kappa shape index (κ1) is 13.6. The Bertz CT molecular complexity index is 366. The fourth-order valence-corrected chi connectivity index (χ4v) is 1.38. The zero-order valence-corrected chi connectivity index (χ0v) is 10.7. The Kier molecular flexibility index (Phi) is 4.62. The molecule has 0 aliphatic rings. The molecule has 1 aromatic rings. The van der Waals surface area contributed by atoms with E-state index in [2.05, 4.69) is 15.5 Å². The lowest BCUT2D eigenvalue weighted by Gasteiger charge is -2.17. The van der Waals surface area contributed by atoms with E-state index in [-0.39, 0.29) is 11.4 Å². The molecule has 0 saturated carbocycles. The molecule has 1 amide bonds. The van der Waals surface area contributed by atoms with Gasteiger partial charge in [-0.05, 0) is 27.2 Å². The molecule has 0 radical (unpaired) electrons. The summed E-state index contributed by atoms with van der Waals surface area (Å²) in [4.78, 5) is 11.6. The van der Waals surface area contributed by atoms with Crippen LogP contribution in [0.2, 0.25) is 0 Å². The fraction of sp³-hybridized carbons (Fsp3) is 0.727. The summed E-state index contributed by atoms with van der Waals surface area (Å²) in [5.74, 6) is 0.766. The summed E-state index contributed by atoms with van der Waals surface area (Å²) in [7, 11) is 0. The van der Waals surface area contributed by atoms with Crippen LogP contribution >= 0.6 is 0 Å². The number of aryl methyl sites for hydroxylation is 1. The van der Waals surface area contributed by atoms with Crippen LogP contribution in [0.15, 0.2) is 6.33 Å². The van der Waals surface area contributed by atoms with Crippen LogP contribution in [0.4, 0.5) is 0 Å². The quantitative estimate of drug-likeness (QED) is 0.754. The molecule has 3 N–H and O–H groups in total. The van der Waals surface area contributed by atoms with E-state index in [1.54, 1.807) is 6.33 Å². The minimum absolute atomic E-state index is 0.00539. The van der Waals surface area contributed by atoms with E-state index >= 15 is 0 Å². The van der Waals surface area contributed by atoms with Crippen LogP contribution in [0, 0.1) is 0 Å². The highest BCUT2D eigenvalue weighted by Crippen LogP contribution is 2.06. The minimum Gasteiger partial charge on any atom is -0.349 e. The summed E-state index contributed by atoms with van der Waals surface area (Å²) in [6.07, 6.45) is 2.76. The summed E-state index contributed by atoms with van der Waals surface area (Å²) in [5.41, 5.74) is 5.51. The van der Waals surface area contributed by atoms with E-state index in [1.807, 2.05) is 25.3 Å². The van der Waals surface area contributed by atoms with Crippen molar-refractivity contribution in [1.29, 1.82) is 0 Å². The van der Waals surface area contributed by atoms with Crippen LogP contribution in [-0.2, 0) is 17.9 Å². The molecule has 1 aromatic heterocycles. The van der Waals surface area contributed by atoms with E-state index in [9.17, 15) is 4.79 Å². The third kappa shape index (κ3) is 4.95. The van der Waals surface area contributed by atoms with Gasteiger partial charge in [0.1, 0.15) is 6.33 Å². The average molecular weight is 239 g/mol. The second kappa shape index (κ2) is 5.77. The van der Waals surface area contributed by atoms with E-state index in [4.69, 9.17) is 5.73 Å². The molecule has 0 aliphatic carbocycles. The number of hydrogen-bond donors (Lipinski definition) is 2. The maximum Gasteiger partial charge on any atom is 0.220 e. The van der Waals surface area contributed by atoms with Crippen LogP contribution < -0.4 is 11.1 Å². The molecule has 0 saturated heterocycles. The van der Waals surface area contributed by atoms with Gasteiger partial charge in [-0.2, -0.15) is 0 Å². The highest BCUT2D eigenvalue weighted by atomic mass is 16.1. The molecule has 96 valence electrons. The maximum absolute atomic E-state index is 11.6. The summed E-state index contributed by atoms with van der Waals surface area (Å²) >= 11 is 0. The van der Waals surface area contributed by atoms with Gasteiger partial charge in [0.15, 0.2) is 5.82 Å². The van der Waals surface area contributed by atoms with Gasteiger partial charge in [-0.3, -0.25) is 4.79 Å². The molecule has 17 heavy (non-hydrogen) atoms. The molecular weight excluding hydrogens is 218 g/mol. The smallest absolute Gasteiger partial charge is 0.220 e. The molecule has 0 aromatic carbocycles. The lowest BCUT2D eigenvalue weighted by atomic mass is 10.00. The molecule has 6 nitrogen and oxygen atoms in total. The third-order valence-electron chi connectivity index (χ3n) is 2.48. The third-order valence-corrected chi connectivity index (χ3v) is 2.48. The maximum atomic E-state index is 11.6. The summed E-state index contributed by atoms with van der Waals surface area (Å²) in [6, 6.07) is 0. The Morgan fingerprint density at radius 2 is 2.29 bits per heavy atom. The molecule has 0 atom stereocenters. The predicted octanol–water partition coefficient (Wildman–Crippen LogP) is 0.432. The van der Waals surface area contributed by atoms with Crippen molar-refractivity contribution in [2.75, 3.05) is 0 Å². The van der Waals surface area contributed by atoms with Crippen LogP contribution in [0.1, 0.15) is 39.4 Å². The zero-order valence-electron chi connectivity index (χ0n) is 10.7. The number of carbonyl (C=O) groups excluding carboxylic acids is 1. The van der Waals surface area contributed by atoms with Crippen molar-refractivity contribution in [1.82, 2.24) is 20.1 Å². The van der Waals surface area contributed by atoms with Crippen LogP contribution in [0.25, 0.3) is 0 Å². The molecule has 0 fully saturated rings. The first-order valence-corrected chi connectivity index (χ1v) is 5.84. The topological polar surface area (TPSA) is 85.8 Å². The van der Waals surface area contributed by atoms with Crippen molar-refractivity contribution in [3.05, 3.63) is 12.2 Å². The second-order valence-corrected chi connectivity index (χ2v) is 4.80. The summed E-state index contributed by atoms with van der Waals surface area (Å²) in [5, 5.41) is 10.6. The van der Waals surface area contributed by atoms with Gasteiger partial charge in [0.05, 0.1) is 6.54 Å². The first-order chi connectivity index (χ1) is 7.92. The number of nitrogens with one attached hydrogen (secondary N) is 1. The first-order valence-electron chi connectivity index (χ1n) is 5.84. The van der Waals surface area contributed by atoms with Gasteiger partial charge in [0.25, 0.3) is 0 Å². The second-order valence-electron chi connectivity index (χ2n) is 4.80. The van der Waals surface area contributed by atoms with Crippen LogP contribution in [0.5, 0.6) is 0 Å². The van der Waals surface area contributed by atoms with E-state index < -0.39 is 0 Å². The number of nitrogens with zero attached hydrogens (tertiary/aromatic N) is 3. The number of nitrogens with two attached hydrogens (primary N) is 1. The van der Waals surface area contributed by atoms with Gasteiger partial charge < -0.3 is 15.6 Å². The van der Waals surface area contributed by atoms with Crippen molar-refractivity contribution >= 4 is 5.91 Å².